The number of likely N-dealkylation sites (N-methyl/N-ethyl adjacent to an activating group) is 1. The lowest BCUT2D eigenvalue weighted by Crippen LogP contribution is -2.39. The van der Waals surface area contributed by atoms with Gasteiger partial charge in [-0.05, 0) is 43.2 Å². The molecule has 0 aliphatic rings. The smallest absolute Gasteiger partial charge is 0.266 e. The molecule has 0 saturated carbocycles. The number of sulfonamides is 1. The number of halogens is 3. The molecular formula is C17H25ClF2N4O2S3. The Bertz CT molecular complexity index is 949. The van der Waals surface area contributed by atoms with Crippen LogP contribution in [0, 0.1) is 10.9 Å². The van der Waals surface area contributed by atoms with E-state index in [1.165, 1.54) is 0 Å². The quantitative estimate of drug-likeness (QED) is 0.473. The van der Waals surface area contributed by atoms with Crippen molar-refractivity contribution in [2.24, 2.45) is 0 Å². The van der Waals surface area contributed by atoms with Gasteiger partial charge >= 0.3 is 0 Å². The number of anilines is 2. The Hall–Kier alpha value is -1.14. The summed E-state index contributed by atoms with van der Waals surface area (Å²) in [4.78, 5) is 2.94. The summed E-state index contributed by atoms with van der Waals surface area (Å²) in [6.45, 7) is 3.32. The van der Waals surface area contributed by atoms with Gasteiger partial charge in [-0.1, -0.05) is 29.9 Å². The van der Waals surface area contributed by atoms with Crippen molar-refractivity contribution in [3.05, 3.63) is 34.3 Å². The average Bonchev–Trinajstić information content (AvgIpc) is 2.98. The van der Waals surface area contributed by atoms with Crippen LogP contribution in [0.4, 0.5) is 19.6 Å². The van der Waals surface area contributed by atoms with Gasteiger partial charge in [-0.2, -0.15) is 4.39 Å². The van der Waals surface area contributed by atoms with E-state index in [9.17, 15) is 17.2 Å². The minimum absolute atomic E-state index is 0.0652. The molecule has 0 aliphatic carbocycles. The fourth-order valence-corrected chi connectivity index (χ4v) is 6.27. The third kappa shape index (κ3) is 7.25. The maximum atomic E-state index is 14.6. The van der Waals surface area contributed by atoms with E-state index in [0.29, 0.717) is 23.6 Å². The fourth-order valence-electron chi connectivity index (χ4n) is 2.66. The second kappa shape index (κ2) is 9.78. The third-order valence-corrected chi connectivity index (χ3v) is 7.64. The molecule has 3 N–H and O–H groups in total. The number of benzene rings is 1. The first-order valence-corrected chi connectivity index (χ1v) is 14.4. The molecule has 1 aromatic carbocycles. The molecular weight excluding hydrogens is 462 g/mol. The number of aromatic nitrogens is 1. The van der Waals surface area contributed by atoms with Crippen molar-refractivity contribution in [1.82, 2.24) is 10.3 Å². The molecule has 0 amide bonds. The highest BCUT2D eigenvalue weighted by atomic mass is 35.5. The van der Waals surface area contributed by atoms with Crippen molar-refractivity contribution in [1.29, 1.82) is 0 Å². The van der Waals surface area contributed by atoms with E-state index in [4.69, 9.17) is 11.6 Å². The third-order valence-electron chi connectivity index (χ3n) is 3.74. The molecule has 0 fully saturated rings. The number of hydrogen-bond acceptors (Lipinski definition) is 6. The highest BCUT2D eigenvalue weighted by Crippen LogP contribution is 2.35. The molecule has 0 radical (unpaired) electrons. The predicted molar refractivity (Wildman–Crippen MR) is 120 cm³/mol. The van der Waals surface area contributed by atoms with Crippen LogP contribution in [-0.4, -0.2) is 57.1 Å². The fraction of sp³-hybridized carbons (Fsp3) is 0.471. The molecule has 0 saturated heterocycles. The molecule has 12 heteroatoms. The highest BCUT2D eigenvalue weighted by molar-refractivity contribution is 8.32. The highest BCUT2D eigenvalue weighted by Gasteiger charge is 2.23. The lowest BCUT2D eigenvalue weighted by Gasteiger charge is -2.31. The molecule has 0 bridgehead atoms. The maximum absolute atomic E-state index is 14.6. The number of nitrogens with one attached hydrogen (secondary N) is 3. The van der Waals surface area contributed by atoms with Crippen LogP contribution >= 0.6 is 33.0 Å². The van der Waals surface area contributed by atoms with Crippen molar-refractivity contribution in [2.45, 2.75) is 17.9 Å². The van der Waals surface area contributed by atoms with Crippen LogP contribution in [0.5, 0.6) is 0 Å². The van der Waals surface area contributed by atoms with Gasteiger partial charge in [-0.15, -0.1) is 0 Å². The zero-order valence-electron chi connectivity index (χ0n) is 16.6. The van der Waals surface area contributed by atoms with Crippen LogP contribution in [0.2, 0.25) is 5.02 Å². The van der Waals surface area contributed by atoms with Gasteiger partial charge in [0.15, 0.2) is 10.3 Å². The van der Waals surface area contributed by atoms with Gasteiger partial charge in [-0.25, -0.2) is 27.8 Å². The van der Waals surface area contributed by atoms with E-state index in [-0.39, 0.29) is 16.2 Å². The molecule has 0 unspecified atom stereocenters. The molecule has 0 spiro atoms. The predicted octanol–water partition coefficient (Wildman–Crippen LogP) is 3.96. The summed E-state index contributed by atoms with van der Waals surface area (Å²) in [7, 11) is -5.05. The lowest BCUT2D eigenvalue weighted by atomic mass is 10.2. The second-order valence-corrected chi connectivity index (χ2v) is 14.8. The number of rotatable bonds is 10. The Morgan fingerprint density at radius 3 is 2.48 bits per heavy atom. The summed E-state index contributed by atoms with van der Waals surface area (Å²) >= 11 is 6.70. The van der Waals surface area contributed by atoms with Gasteiger partial charge in [-0.3, -0.25) is 4.72 Å². The van der Waals surface area contributed by atoms with Crippen molar-refractivity contribution in [3.8, 4) is 0 Å². The van der Waals surface area contributed by atoms with E-state index in [1.807, 2.05) is 11.6 Å². The van der Waals surface area contributed by atoms with E-state index < -0.39 is 35.9 Å². The molecule has 164 valence electrons. The lowest BCUT2D eigenvalue weighted by molar-refractivity contribution is 0.569. The first-order valence-electron chi connectivity index (χ1n) is 8.67. The van der Waals surface area contributed by atoms with Gasteiger partial charge in [0.05, 0.1) is 16.9 Å². The van der Waals surface area contributed by atoms with E-state index in [0.717, 1.165) is 30.6 Å². The van der Waals surface area contributed by atoms with Crippen molar-refractivity contribution in [3.63, 3.8) is 0 Å². The molecule has 2 rings (SSSR count). The number of thiazole rings is 1. The summed E-state index contributed by atoms with van der Waals surface area (Å²) in [5.41, 5.74) is 0.301. The number of nitrogens with zero attached hydrogens (tertiary/aromatic N) is 1. The maximum Gasteiger partial charge on any atom is 0.266 e. The van der Waals surface area contributed by atoms with Gasteiger partial charge in [0.1, 0.15) is 10.7 Å². The molecule has 1 heterocycles. The molecule has 29 heavy (non-hydrogen) atoms. The Labute approximate surface area is 180 Å². The SMILES string of the molecule is CCN[C@H](CNc1cc(F)c(S(=O)(=O)Nc2ncc(F)s2)cc1Cl)CS(C)(C)C. The number of hydrogen-bond donors (Lipinski definition) is 3. The van der Waals surface area contributed by atoms with Crippen LogP contribution in [0.1, 0.15) is 6.92 Å². The molecule has 1 aromatic heterocycles. The largest absolute Gasteiger partial charge is 0.382 e. The summed E-state index contributed by atoms with van der Waals surface area (Å²) in [6, 6.07) is 2.24. The van der Waals surface area contributed by atoms with Gasteiger partial charge in [0, 0.05) is 12.6 Å². The summed E-state index contributed by atoms with van der Waals surface area (Å²) in [5, 5.41) is 5.69. The summed E-state index contributed by atoms with van der Waals surface area (Å²) in [5.74, 6) is -0.00260. The zero-order chi connectivity index (χ0) is 21.8. The summed E-state index contributed by atoms with van der Waals surface area (Å²) in [6.07, 6.45) is 7.51. The van der Waals surface area contributed by atoms with Crippen LogP contribution in [-0.2, 0) is 10.0 Å². The molecule has 2 aromatic rings. The molecule has 6 nitrogen and oxygen atoms in total. The van der Waals surface area contributed by atoms with Crippen LogP contribution in [0.15, 0.2) is 23.2 Å². The molecule has 0 aliphatic heterocycles. The van der Waals surface area contributed by atoms with Crippen molar-refractivity contribution in [2.75, 3.05) is 47.6 Å². The van der Waals surface area contributed by atoms with Crippen LogP contribution in [0.25, 0.3) is 0 Å². The first-order chi connectivity index (χ1) is 13.4. The van der Waals surface area contributed by atoms with Gasteiger partial charge in [0.2, 0.25) is 0 Å². The Balaban J connectivity index is 2.17. The average molecular weight is 487 g/mol. The normalized spacial score (nSPS) is 13.9. The van der Waals surface area contributed by atoms with Crippen molar-refractivity contribution < 1.29 is 17.2 Å². The summed E-state index contributed by atoms with van der Waals surface area (Å²) < 4.78 is 54.4. The molecule has 1 atom stereocenters. The monoisotopic (exact) mass is 486 g/mol. The zero-order valence-corrected chi connectivity index (χ0v) is 19.8. The van der Waals surface area contributed by atoms with E-state index in [2.05, 4.69) is 34.4 Å². The van der Waals surface area contributed by atoms with Crippen molar-refractivity contribution >= 4 is 53.8 Å². The minimum atomic E-state index is -4.30. The standard InChI is InChI=1S/C17H25ClF2N4O2S3/c1-5-21-11(10-28(2,3)4)8-22-14-7-13(19)15(6-12(14)18)29(25,26)24-17-23-9-16(20)27-17/h6-7,9,11,21-22H,5,8,10H2,1-4H3,(H,23,24)/t11-/m1/s1. The second-order valence-electron chi connectivity index (χ2n) is 7.23. The van der Waals surface area contributed by atoms with Gasteiger partial charge in [0.25, 0.3) is 10.0 Å². The Kier molecular flexibility index (Phi) is 8.14. The van der Waals surface area contributed by atoms with Crippen LogP contribution < -0.4 is 15.4 Å². The van der Waals surface area contributed by atoms with E-state index in [1.54, 1.807) is 0 Å². The topological polar surface area (TPSA) is 83.1 Å². The minimum Gasteiger partial charge on any atom is -0.382 e. The van der Waals surface area contributed by atoms with Crippen LogP contribution in [0.3, 0.4) is 0 Å². The van der Waals surface area contributed by atoms with E-state index >= 15 is 0 Å². The Morgan fingerprint density at radius 1 is 1.24 bits per heavy atom. The first kappa shape index (κ1) is 24.1. The van der Waals surface area contributed by atoms with Gasteiger partial charge < -0.3 is 10.6 Å². The Morgan fingerprint density at radius 2 is 1.93 bits per heavy atom.